The first-order chi connectivity index (χ1) is 5.27. The maximum atomic E-state index is 5.90. The van der Waals surface area contributed by atoms with Crippen LogP contribution in [0.5, 0.6) is 0 Å². The van der Waals surface area contributed by atoms with Crippen LogP contribution in [0.4, 0.5) is 0 Å². The molecule has 2 heteroatoms. The first-order valence-corrected chi connectivity index (χ1v) is 4.12. The van der Waals surface area contributed by atoms with Crippen molar-refractivity contribution in [1.82, 2.24) is 0 Å². The highest BCUT2D eigenvalue weighted by atomic mass is 14.6. The molecule has 0 heterocycles. The maximum absolute atomic E-state index is 5.90. The molecule has 2 N–H and O–H groups in total. The van der Waals surface area contributed by atoms with Crippen molar-refractivity contribution in [2.75, 3.05) is 0 Å². The molecule has 0 aliphatic heterocycles. The van der Waals surface area contributed by atoms with Gasteiger partial charge in [0.1, 0.15) is 7.85 Å². The fraction of sp³-hybridized carbons (Fsp3) is 0.333. The van der Waals surface area contributed by atoms with E-state index in [1.807, 2.05) is 0 Å². The van der Waals surface area contributed by atoms with Gasteiger partial charge in [0.25, 0.3) is 0 Å². The molecule has 1 aliphatic carbocycles. The highest BCUT2D eigenvalue weighted by Crippen LogP contribution is 2.27. The van der Waals surface area contributed by atoms with Gasteiger partial charge in [-0.15, -0.1) is 0 Å². The van der Waals surface area contributed by atoms with Crippen LogP contribution in [0.2, 0.25) is 0 Å². The van der Waals surface area contributed by atoms with E-state index in [0.29, 0.717) is 6.04 Å². The van der Waals surface area contributed by atoms with E-state index >= 15 is 0 Å². The van der Waals surface area contributed by atoms with Crippen molar-refractivity contribution >= 4 is 13.3 Å². The molecular formula is C9H12BN. The van der Waals surface area contributed by atoms with E-state index in [1.165, 1.54) is 16.6 Å². The second kappa shape index (κ2) is 2.38. The van der Waals surface area contributed by atoms with Crippen molar-refractivity contribution < 1.29 is 0 Å². The van der Waals surface area contributed by atoms with Gasteiger partial charge in [-0.3, -0.25) is 0 Å². The van der Waals surface area contributed by atoms with Crippen LogP contribution in [-0.2, 0) is 6.42 Å². The second-order valence-corrected chi connectivity index (χ2v) is 3.35. The van der Waals surface area contributed by atoms with Gasteiger partial charge in [0.15, 0.2) is 0 Å². The Labute approximate surface area is 68.0 Å². The number of hydrogen-bond donors (Lipinski definition) is 1. The van der Waals surface area contributed by atoms with Crippen LogP contribution >= 0.6 is 0 Å². The monoisotopic (exact) mass is 145 g/mol. The lowest BCUT2D eigenvalue weighted by atomic mass is 9.92. The zero-order valence-corrected chi connectivity index (χ0v) is 6.80. The van der Waals surface area contributed by atoms with Crippen LogP contribution < -0.4 is 11.2 Å². The summed E-state index contributed by atoms with van der Waals surface area (Å²) in [7, 11) is 2.13. The topological polar surface area (TPSA) is 26.0 Å². The summed E-state index contributed by atoms with van der Waals surface area (Å²) in [6.07, 6.45) is 2.29. The smallest absolute Gasteiger partial charge is 0.139 e. The van der Waals surface area contributed by atoms with Gasteiger partial charge < -0.3 is 5.73 Å². The summed E-state index contributed by atoms with van der Waals surface area (Å²) in [5.74, 6) is 0. The minimum atomic E-state index is 0.297. The summed E-state index contributed by atoms with van der Waals surface area (Å²) in [6, 6.07) is 6.86. The Morgan fingerprint density at radius 2 is 2.27 bits per heavy atom. The molecule has 1 nitrogen and oxygen atoms in total. The van der Waals surface area contributed by atoms with E-state index in [0.717, 1.165) is 12.8 Å². The Morgan fingerprint density at radius 3 is 3.09 bits per heavy atom. The van der Waals surface area contributed by atoms with Crippen molar-refractivity contribution in [1.29, 1.82) is 0 Å². The molecule has 0 aromatic heterocycles. The van der Waals surface area contributed by atoms with Crippen LogP contribution in [0.15, 0.2) is 18.2 Å². The van der Waals surface area contributed by atoms with Gasteiger partial charge in [0.05, 0.1) is 0 Å². The van der Waals surface area contributed by atoms with Crippen molar-refractivity contribution in [3.63, 3.8) is 0 Å². The molecule has 0 bridgehead atoms. The molecule has 1 aromatic rings. The largest absolute Gasteiger partial charge is 0.324 e. The van der Waals surface area contributed by atoms with Crippen molar-refractivity contribution in [3.8, 4) is 0 Å². The van der Waals surface area contributed by atoms with Crippen molar-refractivity contribution in [3.05, 3.63) is 29.3 Å². The lowest BCUT2D eigenvalue weighted by Gasteiger charge is -2.03. The summed E-state index contributed by atoms with van der Waals surface area (Å²) >= 11 is 0. The molecule has 0 saturated heterocycles. The molecule has 1 aliphatic rings. The zero-order valence-electron chi connectivity index (χ0n) is 6.80. The van der Waals surface area contributed by atoms with Crippen LogP contribution in [-0.4, -0.2) is 7.85 Å². The number of hydrogen-bond acceptors (Lipinski definition) is 1. The normalized spacial score (nSPS) is 21.7. The third-order valence-electron chi connectivity index (χ3n) is 2.42. The Bertz CT molecular complexity index is 283. The first-order valence-electron chi connectivity index (χ1n) is 4.12. The third kappa shape index (κ3) is 1.08. The minimum Gasteiger partial charge on any atom is -0.324 e. The zero-order chi connectivity index (χ0) is 7.84. The van der Waals surface area contributed by atoms with Crippen LogP contribution in [0.1, 0.15) is 23.6 Å². The first kappa shape index (κ1) is 6.92. The summed E-state index contributed by atoms with van der Waals surface area (Å²) in [5, 5.41) is 0. The Hall–Kier alpha value is -0.755. The molecule has 1 atom stereocenters. The molecule has 0 radical (unpaired) electrons. The van der Waals surface area contributed by atoms with E-state index in [1.54, 1.807) is 0 Å². The minimum absolute atomic E-state index is 0.297. The number of fused-ring (bicyclic) bond motifs is 1. The number of nitrogens with two attached hydrogens (primary N) is 1. The standard InChI is InChI=1S/C9H12BN/c10-7-2-3-8-6(5-7)1-4-9(8)11/h2-3,5,9H,1,4,10-11H2/t9-/m0/s1. The van der Waals surface area contributed by atoms with Gasteiger partial charge in [-0.1, -0.05) is 23.7 Å². The van der Waals surface area contributed by atoms with E-state index in [2.05, 4.69) is 26.0 Å². The molecule has 0 spiro atoms. The lowest BCUT2D eigenvalue weighted by molar-refractivity contribution is 0.713. The van der Waals surface area contributed by atoms with Gasteiger partial charge in [-0.2, -0.15) is 0 Å². The molecule has 56 valence electrons. The van der Waals surface area contributed by atoms with Crippen molar-refractivity contribution in [2.24, 2.45) is 5.73 Å². The second-order valence-electron chi connectivity index (χ2n) is 3.35. The predicted molar refractivity (Wildman–Crippen MR) is 49.9 cm³/mol. The fourth-order valence-electron chi connectivity index (χ4n) is 1.78. The molecule has 1 aromatic carbocycles. The van der Waals surface area contributed by atoms with Gasteiger partial charge in [-0.25, -0.2) is 0 Å². The number of rotatable bonds is 0. The molecule has 11 heavy (non-hydrogen) atoms. The molecule has 0 saturated carbocycles. The molecule has 0 unspecified atom stereocenters. The highest BCUT2D eigenvalue weighted by Gasteiger charge is 2.17. The summed E-state index contributed by atoms with van der Waals surface area (Å²) in [6.45, 7) is 0. The molecule has 0 fully saturated rings. The van der Waals surface area contributed by atoms with Gasteiger partial charge in [0.2, 0.25) is 0 Å². The Morgan fingerprint density at radius 1 is 1.45 bits per heavy atom. The molecule has 0 amide bonds. The van der Waals surface area contributed by atoms with E-state index in [-0.39, 0.29) is 0 Å². The fourth-order valence-corrected chi connectivity index (χ4v) is 1.78. The highest BCUT2D eigenvalue weighted by molar-refractivity contribution is 6.32. The Balaban J connectivity index is 2.50. The van der Waals surface area contributed by atoms with Crippen LogP contribution in [0.3, 0.4) is 0 Å². The van der Waals surface area contributed by atoms with E-state index < -0.39 is 0 Å². The average Bonchev–Trinajstić information content (AvgIpc) is 2.32. The van der Waals surface area contributed by atoms with Crippen molar-refractivity contribution in [2.45, 2.75) is 18.9 Å². The number of benzene rings is 1. The molecular weight excluding hydrogens is 133 g/mol. The summed E-state index contributed by atoms with van der Waals surface area (Å²) < 4.78 is 0. The summed E-state index contributed by atoms with van der Waals surface area (Å²) in [4.78, 5) is 0. The van der Waals surface area contributed by atoms with Gasteiger partial charge in [0, 0.05) is 6.04 Å². The number of aryl methyl sites for hydroxylation is 1. The Kier molecular flexibility index (Phi) is 1.50. The van der Waals surface area contributed by atoms with Gasteiger partial charge >= 0.3 is 0 Å². The third-order valence-corrected chi connectivity index (χ3v) is 2.42. The summed E-state index contributed by atoms with van der Waals surface area (Å²) in [5.41, 5.74) is 10.1. The lowest BCUT2D eigenvalue weighted by Crippen LogP contribution is -2.07. The average molecular weight is 145 g/mol. The van der Waals surface area contributed by atoms with Gasteiger partial charge in [-0.05, 0) is 24.0 Å². The van der Waals surface area contributed by atoms with Crippen LogP contribution in [0, 0.1) is 0 Å². The molecule has 2 rings (SSSR count). The maximum Gasteiger partial charge on any atom is 0.139 e. The quantitative estimate of drug-likeness (QED) is 0.506. The van der Waals surface area contributed by atoms with Crippen LogP contribution in [0.25, 0.3) is 0 Å². The predicted octanol–water partition coefficient (Wildman–Crippen LogP) is -0.109. The van der Waals surface area contributed by atoms with E-state index in [9.17, 15) is 0 Å². The SMILES string of the molecule is Bc1ccc2c(c1)CC[C@@H]2N. The van der Waals surface area contributed by atoms with E-state index in [4.69, 9.17) is 5.73 Å².